The van der Waals surface area contributed by atoms with Crippen LogP contribution in [0.3, 0.4) is 0 Å². The number of hydrogen-bond donors (Lipinski definition) is 0. The lowest BCUT2D eigenvalue weighted by atomic mass is 10.2. The molecule has 0 saturated carbocycles. The van der Waals surface area contributed by atoms with Gasteiger partial charge in [-0.1, -0.05) is 0 Å². The molecular formula is C11H14IN3OS. The molecule has 0 spiro atoms. The van der Waals surface area contributed by atoms with E-state index in [1.807, 2.05) is 31.3 Å². The summed E-state index contributed by atoms with van der Waals surface area (Å²) in [5, 5.41) is 0. The van der Waals surface area contributed by atoms with E-state index in [1.54, 1.807) is 0 Å². The van der Waals surface area contributed by atoms with Gasteiger partial charge in [-0.05, 0) is 19.9 Å². The molecule has 6 heteroatoms. The quantitative estimate of drug-likeness (QED) is 0.512. The molecule has 0 aromatic carbocycles. The first-order chi connectivity index (χ1) is 7.86. The standard InChI is InChI=1S/C11H14N3OS.HI/c1-3-14-8-6-5-7-9(14)10-11(15-4-2)13-16-12-10;/h5-8H,3-4H2,1-2H3;1H/q+1;/p-1. The highest BCUT2D eigenvalue weighted by Crippen LogP contribution is 2.24. The normalized spacial score (nSPS) is 9.76. The van der Waals surface area contributed by atoms with Crippen LogP contribution in [-0.2, 0) is 6.54 Å². The van der Waals surface area contributed by atoms with Crippen LogP contribution >= 0.6 is 11.7 Å². The number of ether oxygens (including phenoxy) is 1. The Morgan fingerprint density at radius 2 is 2.12 bits per heavy atom. The van der Waals surface area contributed by atoms with Crippen LogP contribution < -0.4 is 33.3 Å². The maximum Gasteiger partial charge on any atom is 0.260 e. The third-order valence-corrected chi connectivity index (χ3v) is 2.78. The number of nitrogens with zero attached hydrogens (tertiary/aromatic N) is 3. The van der Waals surface area contributed by atoms with Gasteiger partial charge in [-0.2, -0.15) is 8.94 Å². The van der Waals surface area contributed by atoms with E-state index in [9.17, 15) is 0 Å². The monoisotopic (exact) mass is 363 g/mol. The van der Waals surface area contributed by atoms with Gasteiger partial charge in [0, 0.05) is 12.1 Å². The minimum absolute atomic E-state index is 0. The van der Waals surface area contributed by atoms with Crippen molar-refractivity contribution in [2.75, 3.05) is 6.61 Å². The molecule has 4 nitrogen and oxygen atoms in total. The summed E-state index contributed by atoms with van der Waals surface area (Å²) in [6.45, 7) is 5.56. The van der Waals surface area contributed by atoms with Gasteiger partial charge in [-0.25, -0.2) is 0 Å². The molecule has 0 bridgehead atoms. The van der Waals surface area contributed by atoms with Crippen molar-refractivity contribution in [2.45, 2.75) is 20.4 Å². The molecule has 0 N–H and O–H groups in total. The van der Waals surface area contributed by atoms with E-state index < -0.39 is 0 Å². The lowest BCUT2D eigenvalue weighted by molar-refractivity contribution is -0.682. The van der Waals surface area contributed by atoms with Crippen molar-refractivity contribution < 1.29 is 33.3 Å². The average molecular weight is 363 g/mol. The zero-order valence-corrected chi connectivity index (χ0v) is 12.7. The van der Waals surface area contributed by atoms with E-state index in [-0.39, 0.29) is 24.0 Å². The fraction of sp³-hybridized carbons (Fsp3) is 0.364. The number of halogens is 1. The van der Waals surface area contributed by atoms with Crippen molar-refractivity contribution in [1.82, 2.24) is 8.75 Å². The Labute approximate surface area is 122 Å². The Balaban J connectivity index is 0.00000144. The zero-order chi connectivity index (χ0) is 11.4. The van der Waals surface area contributed by atoms with Gasteiger partial charge >= 0.3 is 0 Å². The van der Waals surface area contributed by atoms with Crippen molar-refractivity contribution in [3.05, 3.63) is 24.4 Å². The van der Waals surface area contributed by atoms with Crippen molar-refractivity contribution >= 4 is 11.7 Å². The Hall–Kier alpha value is -0.760. The molecule has 2 aromatic heterocycles. The number of aromatic nitrogens is 3. The molecule has 0 aliphatic carbocycles. The van der Waals surface area contributed by atoms with Gasteiger partial charge in [0.05, 0.1) is 18.3 Å². The summed E-state index contributed by atoms with van der Waals surface area (Å²) in [6.07, 6.45) is 2.03. The third-order valence-electron chi connectivity index (χ3n) is 2.26. The van der Waals surface area contributed by atoms with Crippen LogP contribution in [0.2, 0.25) is 0 Å². The van der Waals surface area contributed by atoms with Gasteiger partial charge in [0.25, 0.3) is 5.88 Å². The second kappa shape index (κ2) is 6.85. The van der Waals surface area contributed by atoms with Crippen LogP contribution in [0.25, 0.3) is 11.4 Å². The molecule has 0 aliphatic rings. The number of rotatable bonds is 4. The number of pyridine rings is 1. The van der Waals surface area contributed by atoms with Crippen LogP contribution in [0.15, 0.2) is 24.4 Å². The first-order valence-corrected chi connectivity index (χ1v) is 6.04. The molecule has 0 aliphatic heterocycles. The maximum absolute atomic E-state index is 5.45. The van der Waals surface area contributed by atoms with Gasteiger partial charge in [0.1, 0.15) is 6.54 Å². The van der Waals surface area contributed by atoms with Crippen LogP contribution in [0.4, 0.5) is 0 Å². The molecule has 92 valence electrons. The molecule has 2 heterocycles. The lowest BCUT2D eigenvalue weighted by Gasteiger charge is -2.01. The molecule has 0 amide bonds. The minimum atomic E-state index is 0. The van der Waals surface area contributed by atoms with Gasteiger partial charge in [-0.15, -0.1) is 4.37 Å². The zero-order valence-electron chi connectivity index (χ0n) is 9.76. The highest BCUT2D eigenvalue weighted by Gasteiger charge is 2.19. The molecule has 0 radical (unpaired) electrons. The topological polar surface area (TPSA) is 38.9 Å². The molecule has 0 atom stereocenters. The Bertz CT molecular complexity index is 475. The largest absolute Gasteiger partial charge is 1.00 e. The summed E-state index contributed by atoms with van der Waals surface area (Å²) in [5.41, 5.74) is 1.87. The van der Waals surface area contributed by atoms with E-state index >= 15 is 0 Å². The van der Waals surface area contributed by atoms with Crippen molar-refractivity contribution in [3.8, 4) is 17.3 Å². The van der Waals surface area contributed by atoms with Gasteiger partial charge in [0.15, 0.2) is 6.20 Å². The highest BCUT2D eigenvalue weighted by molar-refractivity contribution is 6.99. The van der Waals surface area contributed by atoms with Crippen molar-refractivity contribution in [3.63, 3.8) is 0 Å². The fourth-order valence-corrected chi connectivity index (χ4v) is 2.04. The predicted molar refractivity (Wildman–Crippen MR) is 62.4 cm³/mol. The molecular weight excluding hydrogens is 349 g/mol. The Morgan fingerprint density at radius 3 is 2.82 bits per heavy atom. The van der Waals surface area contributed by atoms with Gasteiger partial charge in [0.2, 0.25) is 11.4 Å². The Kier molecular flexibility index (Phi) is 5.76. The second-order valence-electron chi connectivity index (χ2n) is 3.22. The van der Waals surface area contributed by atoms with Gasteiger partial charge in [-0.3, -0.25) is 0 Å². The first-order valence-electron chi connectivity index (χ1n) is 5.31. The maximum atomic E-state index is 5.45. The van der Waals surface area contributed by atoms with Crippen LogP contribution in [0, 0.1) is 0 Å². The summed E-state index contributed by atoms with van der Waals surface area (Å²) in [5.74, 6) is 0.626. The van der Waals surface area contributed by atoms with Crippen LogP contribution in [0.1, 0.15) is 13.8 Å². The SMILES string of the molecule is CCOc1nsnc1-c1cccc[n+]1CC.[I-]. The van der Waals surface area contributed by atoms with Crippen molar-refractivity contribution in [1.29, 1.82) is 0 Å². The summed E-state index contributed by atoms with van der Waals surface area (Å²) in [6, 6.07) is 6.03. The third kappa shape index (κ3) is 3.12. The Morgan fingerprint density at radius 1 is 1.29 bits per heavy atom. The first kappa shape index (κ1) is 14.3. The van der Waals surface area contributed by atoms with Gasteiger partial charge < -0.3 is 28.7 Å². The summed E-state index contributed by atoms with van der Waals surface area (Å²) in [7, 11) is 0. The second-order valence-corrected chi connectivity index (χ2v) is 3.75. The van der Waals surface area contributed by atoms with E-state index in [1.165, 1.54) is 11.7 Å². The average Bonchev–Trinajstić information content (AvgIpc) is 2.77. The fourth-order valence-electron chi connectivity index (χ4n) is 1.54. The summed E-state index contributed by atoms with van der Waals surface area (Å²) in [4.78, 5) is 0. The minimum Gasteiger partial charge on any atom is -1.00 e. The van der Waals surface area contributed by atoms with Crippen LogP contribution in [0.5, 0.6) is 5.88 Å². The molecule has 0 fully saturated rings. The molecule has 2 aromatic rings. The number of hydrogen-bond acceptors (Lipinski definition) is 4. The van der Waals surface area contributed by atoms with E-state index in [4.69, 9.17) is 4.74 Å². The molecule has 0 saturated heterocycles. The molecule has 0 unspecified atom stereocenters. The van der Waals surface area contributed by atoms with Crippen molar-refractivity contribution in [2.24, 2.45) is 0 Å². The van der Waals surface area contributed by atoms with Crippen LogP contribution in [-0.4, -0.2) is 15.4 Å². The smallest absolute Gasteiger partial charge is 0.260 e. The molecule has 2 rings (SSSR count). The van der Waals surface area contributed by atoms with E-state index in [0.29, 0.717) is 12.5 Å². The number of aryl methyl sites for hydroxylation is 1. The molecule has 17 heavy (non-hydrogen) atoms. The van der Waals surface area contributed by atoms with E-state index in [0.717, 1.165) is 17.9 Å². The van der Waals surface area contributed by atoms with E-state index in [2.05, 4.69) is 20.2 Å². The summed E-state index contributed by atoms with van der Waals surface area (Å²) >= 11 is 1.18. The predicted octanol–water partition coefficient (Wildman–Crippen LogP) is -1.08. The highest BCUT2D eigenvalue weighted by atomic mass is 127. The lowest BCUT2D eigenvalue weighted by Crippen LogP contribution is -3.00. The summed E-state index contributed by atoms with van der Waals surface area (Å²) < 4.78 is 16.0.